The number of anilines is 1. The number of benzene rings is 3. The van der Waals surface area contributed by atoms with Gasteiger partial charge in [0.1, 0.15) is 18.3 Å². The maximum absolute atomic E-state index is 13.9. The molecule has 1 atom stereocenters. The van der Waals surface area contributed by atoms with Crippen LogP contribution in [0.3, 0.4) is 0 Å². The largest absolute Gasteiger partial charge is 0.497 e. The molecular formula is C30H37N3O5S. The van der Waals surface area contributed by atoms with Gasteiger partial charge >= 0.3 is 0 Å². The number of ether oxygens (including phenoxy) is 1. The summed E-state index contributed by atoms with van der Waals surface area (Å²) in [4.78, 5) is 28.4. The number of hydrogen-bond acceptors (Lipinski definition) is 5. The van der Waals surface area contributed by atoms with Gasteiger partial charge < -0.3 is 15.0 Å². The van der Waals surface area contributed by atoms with Crippen molar-refractivity contribution in [1.82, 2.24) is 10.2 Å². The van der Waals surface area contributed by atoms with Crippen LogP contribution in [0, 0.1) is 13.8 Å². The predicted octanol–water partition coefficient (Wildman–Crippen LogP) is 4.45. The van der Waals surface area contributed by atoms with Gasteiger partial charge in [0.05, 0.1) is 17.7 Å². The van der Waals surface area contributed by atoms with Crippen LogP contribution in [0.15, 0.2) is 77.7 Å². The van der Waals surface area contributed by atoms with Crippen LogP contribution in [0.4, 0.5) is 5.69 Å². The van der Waals surface area contributed by atoms with E-state index in [0.717, 1.165) is 27.4 Å². The lowest BCUT2D eigenvalue weighted by molar-refractivity contribution is -0.139. The van der Waals surface area contributed by atoms with Gasteiger partial charge in [0.25, 0.3) is 10.0 Å². The fraction of sp³-hybridized carbons (Fsp3) is 0.333. The second kappa shape index (κ2) is 13.3. The van der Waals surface area contributed by atoms with Crippen LogP contribution in [-0.2, 0) is 26.2 Å². The van der Waals surface area contributed by atoms with Gasteiger partial charge in [-0.2, -0.15) is 0 Å². The number of rotatable bonds is 12. The molecule has 0 saturated heterocycles. The summed E-state index contributed by atoms with van der Waals surface area (Å²) < 4.78 is 34.1. The molecule has 9 heteroatoms. The summed E-state index contributed by atoms with van der Waals surface area (Å²) >= 11 is 0. The third kappa shape index (κ3) is 7.38. The number of nitrogens with zero attached hydrogens (tertiary/aromatic N) is 2. The molecule has 2 amide bonds. The van der Waals surface area contributed by atoms with Gasteiger partial charge in [-0.05, 0) is 80.3 Å². The van der Waals surface area contributed by atoms with E-state index in [2.05, 4.69) is 5.32 Å². The summed E-state index contributed by atoms with van der Waals surface area (Å²) in [5.74, 6) is -0.196. The van der Waals surface area contributed by atoms with Gasteiger partial charge in [-0.15, -0.1) is 0 Å². The summed E-state index contributed by atoms with van der Waals surface area (Å²) in [7, 11) is -2.54. The van der Waals surface area contributed by atoms with Crippen molar-refractivity contribution >= 4 is 27.5 Å². The van der Waals surface area contributed by atoms with Crippen LogP contribution in [0.1, 0.15) is 37.0 Å². The Hall–Kier alpha value is -3.85. The molecular weight excluding hydrogens is 514 g/mol. The van der Waals surface area contributed by atoms with Crippen molar-refractivity contribution in [1.29, 1.82) is 0 Å². The SMILES string of the molecule is CCCNC(=O)C(C)N(Cc1cccc(OC)c1)C(=O)CN(c1ccc(C)c(C)c1)S(=O)(=O)c1ccccc1. The standard InChI is InChI=1S/C30H37N3O5S/c1-6-17-31-30(35)24(4)32(20-25-11-10-12-27(19-25)38-5)29(34)21-33(26-16-15-22(2)23(3)18-26)39(36,37)28-13-8-7-9-14-28/h7-16,18-19,24H,6,17,20-21H2,1-5H3,(H,31,35). The van der Waals surface area contributed by atoms with Crippen molar-refractivity contribution in [3.63, 3.8) is 0 Å². The highest BCUT2D eigenvalue weighted by atomic mass is 32.2. The number of hydrogen-bond donors (Lipinski definition) is 1. The Labute approximate surface area is 231 Å². The average Bonchev–Trinajstić information content (AvgIpc) is 2.94. The number of amides is 2. The van der Waals surface area contributed by atoms with Crippen molar-refractivity contribution in [3.05, 3.63) is 89.5 Å². The Morgan fingerprint density at radius 1 is 0.949 bits per heavy atom. The van der Waals surface area contributed by atoms with E-state index in [9.17, 15) is 18.0 Å². The second-order valence-corrected chi connectivity index (χ2v) is 11.3. The molecule has 0 aliphatic heterocycles. The van der Waals surface area contributed by atoms with Crippen molar-refractivity contribution in [2.24, 2.45) is 0 Å². The van der Waals surface area contributed by atoms with Crippen LogP contribution < -0.4 is 14.4 Å². The van der Waals surface area contributed by atoms with E-state index in [1.807, 2.05) is 32.9 Å². The highest BCUT2D eigenvalue weighted by Gasteiger charge is 2.32. The number of aryl methyl sites for hydroxylation is 2. The van der Waals surface area contributed by atoms with Crippen LogP contribution in [-0.4, -0.2) is 51.4 Å². The number of carbonyl (C=O) groups is 2. The molecule has 0 fully saturated rings. The van der Waals surface area contributed by atoms with Gasteiger partial charge in [0.15, 0.2) is 0 Å². The van der Waals surface area contributed by atoms with E-state index in [1.54, 1.807) is 62.6 Å². The Bertz CT molecular complexity index is 1390. The second-order valence-electron chi connectivity index (χ2n) is 9.43. The van der Waals surface area contributed by atoms with Gasteiger partial charge in [-0.3, -0.25) is 13.9 Å². The van der Waals surface area contributed by atoms with E-state index in [4.69, 9.17) is 4.74 Å². The van der Waals surface area contributed by atoms with Crippen LogP contribution >= 0.6 is 0 Å². The molecule has 0 aliphatic rings. The Morgan fingerprint density at radius 3 is 2.31 bits per heavy atom. The first-order valence-corrected chi connectivity index (χ1v) is 14.4. The Balaban J connectivity index is 2.04. The van der Waals surface area contributed by atoms with Crippen molar-refractivity contribution in [2.75, 3.05) is 24.5 Å². The highest BCUT2D eigenvalue weighted by Crippen LogP contribution is 2.26. The quantitative estimate of drug-likeness (QED) is 0.359. The first-order chi connectivity index (χ1) is 18.6. The number of carbonyl (C=O) groups excluding carboxylic acids is 2. The fourth-order valence-electron chi connectivity index (χ4n) is 4.08. The minimum atomic E-state index is -4.09. The van der Waals surface area contributed by atoms with Crippen LogP contribution in [0.2, 0.25) is 0 Å². The molecule has 0 spiro atoms. The smallest absolute Gasteiger partial charge is 0.264 e. The van der Waals surface area contributed by atoms with Crippen molar-refractivity contribution < 1.29 is 22.7 Å². The number of nitrogens with one attached hydrogen (secondary N) is 1. The summed E-state index contributed by atoms with van der Waals surface area (Å²) in [6, 6.07) is 19.7. The third-order valence-electron chi connectivity index (χ3n) is 6.59. The first-order valence-electron chi connectivity index (χ1n) is 12.9. The fourth-order valence-corrected chi connectivity index (χ4v) is 5.50. The molecule has 3 rings (SSSR count). The van der Waals surface area contributed by atoms with Crippen molar-refractivity contribution in [3.8, 4) is 5.75 Å². The minimum absolute atomic E-state index is 0.0733. The first kappa shape index (κ1) is 29.7. The van der Waals surface area contributed by atoms with Crippen molar-refractivity contribution in [2.45, 2.75) is 51.6 Å². The molecule has 0 saturated carbocycles. The lowest BCUT2D eigenvalue weighted by Crippen LogP contribution is -2.51. The lowest BCUT2D eigenvalue weighted by atomic mass is 10.1. The Kier molecular flexibility index (Phi) is 10.1. The molecule has 0 aromatic heterocycles. The van der Waals surface area contributed by atoms with Gasteiger partial charge in [-0.25, -0.2) is 8.42 Å². The van der Waals surface area contributed by atoms with Crippen LogP contribution in [0.25, 0.3) is 0 Å². The molecule has 0 bridgehead atoms. The zero-order chi connectivity index (χ0) is 28.6. The predicted molar refractivity (Wildman–Crippen MR) is 153 cm³/mol. The number of sulfonamides is 1. The molecule has 1 unspecified atom stereocenters. The molecule has 3 aromatic rings. The summed E-state index contributed by atoms with van der Waals surface area (Å²) in [6.07, 6.45) is 0.748. The van der Waals surface area contributed by atoms with Crippen LogP contribution in [0.5, 0.6) is 5.75 Å². The van der Waals surface area contributed by atoms with E-state index >= 15 is 0 Å². The van der Waals surface area contributed by atoms with E-state index < -0.39 is 28.5 Å². The van der Waals surface area contributed by atoms with Gasteiger partial charge in [0.2, 0.25) is 11.8 Å². The van der Waals surface area contributed by atoms with E-state index in [1.165, 1.54) is 17.0 Å². The number of methoxy groups -OCH3 is 1. The van der Waals surface area contributed by atoms with Gasteiger partial charge in [-0.1, -0.05) is 43.3 Å². The molecule has 0 heterocycles. The molecule has 3 aromatic carbocycles. The molecule has 8 nitrogen and oxygen atoms in total. The zero-order valence-corrected chi connectivity index (χ0v) is 24.0. The lowest BCUT2D eigenvalue weighted by Gasteiger charge is -2.32. The topological polar surface area (TPSA) is 96.0 Å². The van der Waals surface area contributed by atoms with Gasteiger partial charge in [0, 0.05) is 13.1 Å². The van der Waals surface area contributed by atoms with E-state index in [-0.39, 0.29) is 17.3 Å². The maximum atomic E-state index is 13.9. The normalized spacial score (nSPS) is 11.9. The summed E-state index contributed by atoms with van der Waals surface area (Å²) in [5, 5.41) is 2.84. The summed E-state index contributed by atoms with van der Waals surface area (Å²) in [5.41, 5.74) is 3.03. The minimum Gasteiger partial charge on any atom is -0.497 e. The molecule has 208 valence electrons. The molecule has 0 aliphatic carbocycles. The molecule has 1 N–H and O–H groups in total. The highest BCUT2D eigenvalue weighted by molar-refractivity contribution is 7.92. The maximum Gasteiger partial charge on any atom is 0.264 e. The molecule has 0 radical (unpaired) electrons. The summed E-state index contributed by atoms with van der Waals surface area (Å²) in [6.45, 7) is 7.52. The third-order valence-corrected chi connectivity index (χ3v) is 8.38. The Morgan fingerprint density at radius 2 is 1.67 bits per heavy atom. The average molecular weight is 552 g/mol. The van der Waals surface area contributed by atoms with E-state index in [0.29, 0.717) is 18.0 Å². The molecule has 39 heavy (non-hydrogen) atoms. The monoisotopic (exact) mass is 551 g/mol. The zero-order valence-electron chi connectivity index (χ0n) is 23.2.